The number of hydrogen-bond acceptors (Lipinski definition) is 3. The molecule has 0 aliphatic carbocycles. The van der Waals surface area contributed by atoms with Gasteiger partial charge in [0.05, 0.1) is 17.5 Å². The molecule has 0 spiro atoms. The van der Waals surface area contributed by atoms with E-state index in [0.29, 0.717) is 5.69 Å². The number of nitrogens with zero attached hydrogens (tertiary/aromatic N) is 1. The molecule has 0 heterocycles. The Bertz CT molecular complexity index is 942. The summed E-state index contributed by atoms with van der Waals surface area (Å²) in [5.74, 6) is -0.746. The molecule has 152 valence electrons. The highest BCUT2D eigenvalue weighted by atomic mass is 32.2. The van der Waals surface area contributed by atoms with Crippen LogP contribution < -0.4 is 9.62 Å². The predicted molar refractivity (Wildman–Crippen MR) is 103 cm³/mol. The van der Waals surface area contributed by atoms with E-state index in [9.17, 15) is 26.4 Å². The highest BCUT2D eigenvalue weighted by molar-refractivity contribution is 7.92. The molecule has 0 aromatic heterocycles. The molecule has 1 atom stereocenters. The average molecular weight is 414 g/mol. The van der Waals surface area contributed by atoms with Crippen LogP contribution in [0.2, 0.25) is 0 Å². The number of halogens is 3. The lowest BCUT2D eigenvalue weighted by atomic mass is 10.1. The van der Waals surface area contributed by atoms with Crippen LogP contribution in [0.25, 0.3) is 0 Å². The summed E-state index contributed by atoms with van der Waals surface area (Å²) < 4.78 is 64.0. The summed E-state index contributed by atoms with van der Waals surface area (Å²) in [4.78, 5) is 12.6. The highest BCUT2D eigenvalue weighted by Crippen LogP contribution is 2.31. The van der Waals surface area contributed by atoms with E-state index in [2.05, 4.69) is 5.32 Å². The van der Waals surface area contributed by atoms with Crippen LogP contribution in [0.1, 0.15) is 25.0 Å². The molecular formula is C19H21F3N2O3S. The Morgan fingerprint density at radius 1 is 1.14 bits per heavy atom. The smallest absolute Gasteiger partial charge is 0.324 e. The van der Waals surface area contributed by atoms with Crippen molar-refractivity contribution in [3.05, 3.63) is 59.7 Å². The molecule has 0 saturated heterocycles. The van der Waals surface area contributed by atoms with Crippen molar-refractivity contribution in [2.24, 2.45) is 0 Å². The predicted octanol–water partition coefficient (Wildman–Crippen LogP) is 4.06. The van der Waals surface area contributed by atoms with Crippen LogP contribution in [-0.4, -0.2) is 26.6 Å². The van der Waals surface area contributed by atoms with Gasteiger partial charge < -0.3 is 5.32 Å². The molecule has 0 saturated carbocycles. The number of carbonyl (C=O) groups excluding carboxylic acids is 1. The summed E-state index contributed by atoms with van der Waals surface area (Å²) in [5, 5.41) is 2.35. The van der Waals surface area contributed by atoms with E-state index in [1.165, 1.54) is 19.1 Å². The van der Waals surface area contributed by atoms with Crippen molar-refractivity contribution in [3.63, 3.8) is 0 Å². The lowest BCUT2D eigenvalue weighted by Gasteiger charge is -2.28. The van der Waals surface area contributed by atoms with Crippen LogP contribution in [0.4, 0.5) is 24.5 Å². The molecule has 2 rings (SSSR count). The Labute approximate surface area is 162 Å². The van der Waals surface area contributed by atoms with E-state index in [4.69, 9.17) is 0 Å². The monoisotopic (exact) mass is 414 g/mol. The second-order valence-electron chi connectivity index (χ2n) is 6.32. The molecule has 9 heteroatoms. The third-order valence-corrected chi connectivity index (χ3v) is 5.39. The summed E-state index contributed by atoms with van der Waals surface area (Å²) in [7, 11) is -3.81. The zero-order chi connectivity index (χ0) is 21.1. The molecular weight excluding hydrogens is 393 g/mol. The van der Waals surface area contributed by atoms with E-state index in [1.54, 1.807) is 24.3 Å². The van der Waals surface area contributed by atoms with Gasteiger partial charge in [0.1, 0.15) is 6.04 Å². The van der Waals surface area contributed by atoms with E-state index < -0.39 is 33.7 Å². The number of rotatable bonds is 6. The number of hydrogen-bond donors (Lipinski definition) is 1. The first kappa shape index (κ1) is 21.7. The Hall–Kier alpha value is -2.55. The fourth-order valence-corrected chi connectivity index (χ4v) is 3.88. The van der Waals surface area contributed by atoms with Gasteiger partial charge in [-0.2, -0.15) is 13.2 Å². The number of anilines is 2. The van der Waals surface area contributed by atoms with Gasteiger partial charge in [-0.25, -0.2) is 8.42 Å². The largest absolute Gasteiger partial charge is 0.416 e. The zero-order valence-electron chi connectivity index (χ0n) is 15.6. The molecule has 5 nitrogen and oxygen atoms in total. The normalized spacial score (nSPS) is 13.1. The number of amides is 1. The van der Waals surface area contributed by atoms with Gasteiger partial charge in [0, 0.05) is 5.69 Å². The standard InChI is InChI=1S/C19H21F3N2O3S/c1-4-14-8-10-17(11-9-14)24(28(3,26)27)13(2)18(25)23-16-7-5-6-15(12-16)19(20,21)22/h5-13H,4H2,1-3H3,(H,23,25)/t13-/m0/s1. The topological polar surface area (TPSA) is 66.5 Å². The van der Waals surface area contributed by atoms with Gasteiger partial charge in [0.15, 0.2) is 0 Å². The Kier molecular flexibility index (Phi) is 6.38. The maximum atomic E-state index is 12.8. The minimum absolute atomic E-state index is 0.0681. The molecule has 0 radical (unpaired) electrons. The third-order valence-electron chi connectivity index (χ3n) is 4.15. The summed E-state index contributed by atoms with van der Waals surface area (Å²) in [6.07, 6.45) is -2.81. The molecule has 0 fully saturated rings. The fraction of sp³-hybridized carbons (Fsp3) is 0.316. The fourth-order valence-electron chi connectivity index (χ4n) is 2.71. The summed E-state index contributed by atoms with van der Waals surface area (Å²) in [6, 6.07) is 9.68. The molecule has 1 N–H and O–H groups in total. The Morgan fingerprint density at radius 3 is 2.25 bits per heavy atom. The van der Waals surface area contributed by atoms with Gasteiger partial charge in [-0.1, -0.05) is 25.1 Å². The molecule has 0 unspecified atom stereocenters. The van der Waals surface area contributed by atoms with Gasteiger partial charge in [-0.3, -0.25) is 9.10 Å². The molecule has 0 bridgehead atoms. The minimum Gasteiger partial charge on any atom is -0.324 e. The molecule has 0 aliphatic rings. The second-order valence-corrected chi connectivity index (χ2v) is 8.18. The number of carbonyl (C=O) groups is 1. The lowest BCUT2D eigenvalue weighted by Crippen LogP contribution is -2.45. The minimum atomic E-state index is -4.55. The first-order valence-corrected chi connectivity index (χ1v) is 10.3. The zero-order valence-corrected chi connectivity index (χ0v) is 16.4. The van der Waals surface area contributed by atoms with Crippen molar-refractivity contribution in [2.45, 2.75) is 32.5 Å². The summed E-state index contributed by atoms with van der Waals surface area (Å²) in [6.45, 7) is 3.33. The lowest BCUT2D eigenvalue weighted by molar-refractivity contribution is -0.137. The van der Waals surface area contributed by atoms with E-state index in [0.717, 1.165) is 34.7 Å². The van der Waals surface area contributed by atoms with Gasteiger partial charge in [-0.15, -0.1) is 0 Å². The second kappa shape index (κ2) is 8.22. The van der Waals surface area contributed by atoms with Crippen LogP contribution >= 0.6 is 0 Å². The molecule has 2 aromatic rings. The average Bonchev–Trinajstić information content (AvgIpc) is 2.60. The first-order chi connectivity index (χ1) is 12.9. The number of aryl methyl sites for hydroxylation is 1. The summed E-state index contributed by atoms with van der Waals surface area (Å²) in [5.41, 5.74) is 0.319. The number of nitrogens with one attached hydrogen (secondary N) is 1. The maximum absolute atomic E-state index is 12.8. The van der Waals surface area contributed by atoms with Gasteiger partial charge in [0.2, 0.25) is 15.9 Å². The van der Waals surface area contributed by atoms with E-state index >= 15 is 0 Å². The number of sulfonamides is 1. The molecule has 0 aliphatic heterocycles. The van der Waals surface area contributed by atoms with Crippen molar-refractivity contribution in [1.29, 1.82) is 0 Å². The van der Waals surface area contributed by atoms with Crippen molar-refractivity contribution < 1.29 is 26.4 Å². The van der Waals surface area contributed by atoms with Crippen LogP contribution in [0.3, 0.4) is 0 Å². The highest BCUT2D eigenvalue weighted by Gasteiger charge is 2.32. The van der Waals surface area contributed by atoms with Crippen molar-refractivity contribution in [2.75, 3.05) is 15.9 Å². The van der Waals surface area contributed by atoms with Crippen molar-refractivity contribution in [1.82, 2.24) is 0 Å². The van der Waals surface area contributed by atoms with E-state index in [-0.39, 0.29) is 5.69 Å². The quantitative estimate of drug-likeness (QED) is 0.775. The van der Waals surface area contributed by atoms with Gasteiger partial charge >= 0.3 is 6.18 Å². The first-order valence-electron chi connectivity index (χ1n) is 8.50. The van der Waals surface area contributed by atoms with E-state index in [1.807, 2.05) is 6.92 Å². The number of alkyl halides is 3. The Morgan fingerprint density at radius 2 is 1.75 bits per heavy atom. The number of benzene rings is 2. The van der Waals surface area contributed by atoms with Crippen LogP contribution in [-0.2, 0) is 27.4 Å². The third kappa shape index (κ3) is 5.25. The molecule has 2 aromatic carbocycles. The van der Waals surface area contributed by atoms with Crippen molar-refractivity contribution >= 4 is 27.3 Å². The van der Waals surface area contributed by atoms with Crippen molar-refractivity contribution in [3.8, 4) is 0 Å². The van der Waals surface area contributed by atoms with Crippen LogP contribution in [0.15, 0.2) is 48.5 Å². The Balaban J connectivity index is 2.29. The molecule has 28 heavy (non-hydrogen) atoms. The van der Waals surface area contributed by atoms with Gasteiger partial charge in [-0.05, 0) is 49.2 Å². The SMILES string of the molecule is CCc1ccc(N([C@@H](C)C(=O)Nc2cccc(C(F)(F)F)c2)S(C)(=O)=O)cc1. The van der Waals surface area contributed by atoms with Crippen LogP contribution in [0, 0.1) is 0 Å². The summed E-state index contributed by atoms with van der Waals surface area (Å²) >= 11 is 0. The molecule has 1 amide bonds. The van der Waals surface area contributed by atoms with Gasteiger partial charge in [0.25, 0.3) is 0 Å². The maximum Gasteiger partial charge on any atom is 0.416 e. The van der Waals surface area contributed by atoms with Crippen LogP contribution in [0.5, 0.6) is 0 Å².